The summed E-state index contributed by atoms with van der Waals surface area (Å²) in [6, 6.07) is 17.9. The zero-order chi connectivity index (χ0) is 21.2. The second-order valence-electron chi connectivity index (χ2n) is 7.60. The third kappa shape index (κ3) is 5.22. The van der Waals surface area contributed by atoms with Gasteiger partial charge in [0.25, 0.3) is 0 Å². The number of phenolic OH excluding ortho intramolecular Hbond substituents is 1. The highest BCUT2D eigenvalue weighted by Crippen LogP contribution is 2.40. The first kappa shape index (κ1) is 20.6. The minimum absolute atomic E-state index is 0.0164. The number of alkyl halides is 3. The number of aromatic hydroxyl groups is 1. The van der Waals surface area contributed by atoms with Crippen LogP contribution in [0.25, 0.3) is 11.1 Å². The molecule has 152 valence electrons. The molecule has 6 heteroatoms. The van der Waals surface area contributed by atoms with Gasteiger partial charge in [-0.05, 0) is 46.9 Å². The summed E-state index contributed by atoms with van der Waals surface area (Å²) < 4.78 is 46.6. The van der Waals surface area contributed by atoms with Gasteiger partial charge < -0.3 is 14.6 Å². The third-order valence-electron chi connectivity index (χ3n) is 4.35. The second-order valence-corrected chi connectivity index (χ2v) is 7.60. The van der Waals surface area contributed by atoms with Crippen LogP contribution in [0.2, 0.25) is 0 Å². The van der Waals surface area contributed by atoms with Crippen LogP contribution in [0.3, 0.4) is 0 Å². The highest BCUT2D eigenvalue weighted by atomic mass is 19.4. The Kier molecular flexibility index (Phi) is 5.46. The maximum Gasteiger partial charge on any atom is 0.573 e. The highest BCUT2D eigenvalue weighted by molar-refractivity contribution is 5.73. The zero-order valence-electron chi connectivity index (χ0n) is 16.2. The first-order chi connectivity index (χ1) is 13.5. The van der Waals surface area contributed by atoms with Crippen molar-refractivity contribution in [3.8, 4) is 34.1 Å². The largest absolute Gasteiger partial charge is 0.573 e. The summed E-state index contributed by atoms with van der Waals surface area (Å²) in [5.41, 5.74) is 2.14. The van der Waals surface area contributed by atoms with Gasteiger partial charge in [0.1, 0.15) is 11.5 Å². The van der Waals surface area contributed by atoms with Crippen LogP contribution >= 0.6 is 0 Å². The Morgan fingerprint density at radius 3 is 1.90 bits per heavy atom. The molecule has 0 fully saturated rings. The zero-order valence-corrected chi connectivity index (χ0v) is 16.2. The molecule has 0 aromatic heterocycles. The lowest BCUT2D eigenvalue weighted by atomic mass is 9.87. The van der Waals surface area contributed by atoms with Crippen LogP contribution in [0, 0.1) is 0 Å². The lowest BCUT2D eigenvalue weighted by molar-refractivity contribution is -0.274. The number of ether oxygens (including phenoxy) is 2. The van der Waals surface area contributed by atoms with Crippen molar-refractivity contribution in [3.05, 3.63) is 72.3 Å². The molecule has 0 atom stereocenters. The van der Waals surface area contributed by atoms with Gasteiger partial charge in [-0.25, -0.2) is 0 Å². The number of para-hydroxylation sites is 1. The summed E-state index contributed by atoms with van der Waals surface area (Å²) >= 11 is 0. The predicted octanol–water partition coefficient (Wildman–Crippen LogP) is 7.05. The number of hydrogen-bond acceptors (Lipinski definition) is 3. The molecular formula is C23H21F3O3. The molecule has 0 aliphatic rings. The van der Waals surface area contributed by atoms with Crippen LogP contribution in [-0.2, 0) is 5.41 Å². The molecule has 3 aromatic carbocycles. The molecule has 0 aliphatic heterocycles. The summed E-state index contributed by atoms with van der Waals surface area (Å²) in [6.07, 6.45) is -4.75. The molecule has 0 saturated carbocycles. The lowest BCUT2D eigenvalue weighted by Gasteiger charge is -2.19. The van der Waals surface area contributed by atoms with Gasteiger partial charge in [0, 0.05) is 5.56 Å². The molecule has 1 N–H and O–H groups in total. The van der Waals surface area contributed by atoms with Crippen LogP contribution in [0.1, 0.15) is 26.3 Å². The second kappa shape index (κ2) is 7.70. The Hall–Kier alpha value is -3.15. The summed E-state index contributed by atoms with van der Waals surface area (Å²) in [7, 11) is 0. The molecule has 0 heterocycles. The first-order valence-electron chi connectivity index (χ1n) is 8.99. The average Bonchev–Trinajstić information content (AvgIpc) is 2.63. The van der Waals surface area contributed by atoms with E-state index < -0.39 is 6.36 Å². The Bertz CT molecular complexity index is 970. The lowest BCUT2D eigenvalue weighted by Crippen LogP contribution is -2.16. The molecule has 0 saturated heterocycles. The number of halogens is 3. The summed E-state index contributed by atoms with van der Waals surface area (Å²) in [5.74, 6) is 0.393. The van der Waals surface area contributed by atoms with Crippen LogP contribution in [-0.4, -0.2) is 11.5 Å². The fraction of sp³-hybridized carbons (Fsp3) is 0.217. The summed E-state index contributed by atoms with van der Waals surface area (Å²) in [5, 5.41) is 10.6. The first-order valence-corrected chi connectivity index (χ1v) is 8.99. The van der Waals surface area contributed by atoms with E-state index in [0.29, 0.717) is 16.9 Å². The van der Waals surface area contributed by atoms with E-state index in [1.165, 1.54) is 24.3 Å². The molecule has 29 heavy (non-hydrogen) atoms. The highest BCUT2D eigenvalue weighted by Gasteiger charge is 2.31. The maximum absolute atomic E-state index is 12.3. The Morgan fingerprint density at radius 1 is 0.759 bits per heavy atom. The van der Waals surface area contributed by atoms with Crippen molar-refractivity contribution in [2.75, 3.05) is 0 Å². The Labute approximate surface area is 167 Å². The monoisotopic (exact) mass is 402 g/mol. The molecule has 0 bridgehead atoms. The van der Waals surface area contributed by atoms with E-state index in [1.54, 1.807) is 18.2 Å². The molecule has 0 unspecified atom stereocenters. The van der Waals surface area contributed by atoms with E-state index in [2.05, 4.69) is 25.5 Å². The van der Waals surface area contributed by atoms with Gasteiger partial charge in [-0.2, -0.15) is 0 Å². The van der Waals surface area contributed by atoms with Gasteiger partial charge in [-0.3, -0.25) is 0 Å². The van der Waals surface area contributed by atoms with E-state index in [4.69, 9.17) is 4.74 Å². The van der Waals surface area contributed by atoms with Gasteiger partial charge in [-0.1, -0.05) is 57.2 Å². The van der Waals surface area contributed by atoms with Crippen molar-refractivity contribution in [2.24, 2.45) is 0 Å². The van der Waals surface area contributed by atoms with Gasteiger partial charge in [0.2, 0.25) is 0 Å². The van der Waals surface area contributed by atoms with Crippen LogP contribution in [0.4, 0.5) is 13.2 Å². The maximum atomic E-state index is 12.3. The smallest absolute Gasteiger partial charge is 0.504 e. The van der Waals surface area contributed by atoms with E-state index in [-0.39, 0.29) is 22.7 Å². The van der Waals surface area contributed by atoms with Gasteiger partial charge >= 0.3 is 6.36 Å². The predicted molar refractivity (Wildman–Crippen MR) is 105 cm³/mol. The number of phenols is 1. The Morgan fingerprint density at radius 2 is 1.34 bits per heavy atom. The summed E-state index contributed by atoms with van der Waals surface area (Å²) in [6.45, 7) is 6.34. The van der Waals surface area contributed by atoms with Crippen LogP contribution < -0.4 is 9.47 Å². The number of hydrogen-bond donors (Lipinski definition) is 1. The van der Waals surface area contributed by atoms with E-state index in [0.717, 1.165) is 5.56 Å². The number of rotatable bonds is 4. The molecule has 0 amide bonds. The van der Waals surface area contributed by atoms with Gasteiger partial charge in [0.05, 0.1) is 0 Å². The topological polar surface area (TPSA) is 38.7 Å². The van der Waals surface area contributed by atoms with Crippen molar-refractivity contribution < 1.29 is 27.8 Å². The van der Waals surface area contributed by atoms with Crippen molar-refractivity contribution >= 4 is 0 Å². The van der Waals surface area contributed by atoms with Gasteiger partial charge in [0.15, 0.2) is 11.5 Å². The van der Waals surface area contributed by atoms with Crippen molar-refractivity contribution in [3.63, 3.8) is 0 Å². The molecule has 0 radical (unpaired) electrons. The standard InChI is InChI=1S/C23H21F3O3/c1-22(2,3)16-9-13-17(14-10-16)28-20-6-4-5-19(21(20)27)15-7-11-18(12-8-15)29-23(24,25)26/h4-14,27H,1-3H3. The van der Waals surface area contributed by atoms with E-state index in [1.807, 2.05) is 24.3 Å². The van der Waals surface area contributed by atoms with E-state index in [9.17, 15) is 18.3 Å². The molecular weight excluding hydrogens is 381 g/mol. The molecule has 3 aromatic rings. The Balaban J connectivity index is 1.83. The van der Waals surface area contributed by atoms with E-state index >= 15 is 0 Å². The van der Waals surface area contributed by atoms with Crippen molar-refractivity contribution in [2.45, 2.75) is 32.5 Å². The number of benzene rings is 3. The SMILES string of the molecule is CC(C)(C)c1ccc(Oc2cccc(-c3ccc(OC(F)(F)F)cc3)c2O)cc1. The third-order valence-corrected chi connectivity index (χ3v) is 4.35. The minimum Gasteiger partial charge on any atom is -0.504 e. The van der Waals surface area contributed by atoms with Crippen molar-refractivity contribution in [1.82, 2.24) is 0 Å². The molecule has 3 rings (SSSR count). The molecule has 3 nitrogen and oxygen atoms in total. The quantitative estimate of drug-likeness (QED) is 0.508. The van der Waals surface area contributed by atoms with Crippen LogP contribution in [0.15, 0.2) is 66.7 Å². The fourth-order valence-electron chi connectivity index (χ4n) is 2.82. The summed E-state index contributed by atoms with van der Waals surface area (Å²) in [4.78, 5) is 0. The molecule has 0 aliphatic carbocycles. The normalized spacial score (nSPS) is 11.9. The van der Waals surface area contributed by atoms with Crippen molar-refractivity contribution in [1.29, 1.82) is 0 Å². The van der Waals surface area contributed by atoms with Gasteiger partial charge in [-0.15, -0.1) is 13.2 Å². The molecule has 0 spiro atoms. The minimum atomic E-state index is -4.75. The fourth-order valence-corrected chi connectivity index (χ4v) is 2.82. The average molecular weight is 402 g/mol. The van der Waals surface area contributed by atoms with Crippen LogP contribution in [0.5, 0.6) is 23.0 Å².